The SMILES string of the molecule is c1ccc(-c2cc3ccccc3cc2-c2ccc3c4cccc5c(-c6cc7ccccc7cc6-c6ccccc6)ccc(c6cccc2c63)c54)cc1. The molecule has 0 fully saturated rings. The van der Waals surface area contributed by atoms with Crippen LogP contribution in [0.3, 0.4) is 0 Å². The normalized spacial score (nSPS) is 11.8. The van der Waals surface area contributed by atoms with Gasteiger partial charge in [-0.05, 0) is 133 Å². The van der Waals surface area contributed by atoms with Crippen LogP contribution in [-0.2, 0) is 0 Å². The molecule has 52 heavy (non-hydrogen) atoms. The van der Waals surface area contributed by atoms with Gasteiger partial charge < -0.3 is 0 Å². The Kier molecular flexibility index (Phi) is 6.35. The highest BCUT2D eigenvalue weighted by molar-refractivity contribution is 6.35. The molecule has 0 heterocycles. The van der Waals surface area contributed by atoms with Crippen LogP contribution >= 0.6 is 0 Å². The van der Waals surface area contributed by atoms with Gasteiger partial charge >= 0.3 is 0 Å². The van der Waals surface area contributed by atoms with E-state index in [1.54, 1.807) is 0 Å². The van der Waals surface area contributed by atoms with Gasteiger partial charge in [-0.3, -0.25) is 0 Å². The van der Waals surface area contributed by atoms with Crippen LogP contribution in [0.25, 0.3) is 109 Å². The second-order valence-corrected chi connectivity index (χ2v) is 14.0. The Morgan fingerprint density at radius 3 is 0.923 bits per heavy atom. The summed E-state index contributed by atoms with van der Waals surface area (Å²) in [5.74, 6) is 0. The van der Waals surface area contributed by atoms with Gasteiger partial charge in [0.1, 0.15) is 0 Å². The van der Waals surface area contributed by atoms with Crippen LogP contribution in [0.15, 0.2) is 194 Å². The monoisotopic (exact) mass is 656 g/mol. The van der Waals surface area contributed by atoms with Crippen LogP contribution in [-0.4, -0.2) is 0 Å². The lowest BCUT2D eigenvalue weighted by Gasteiger charge is -2.20. The zero-order valence-corrected chi connectivity index (χ0v) is 28.5. The van der Waals surface area contributed by atoms with Gasteiger partial charge in [-0.25, -0.2) is 0 Å². The predicted molar refractivity (Wildman–Crippen MR) is 224 cm³/mol. The molecule has 0 radical (unpaired) electrons. The molecule has 0 aliphatic heterocycles. The summed E-state index contributed by atoms with van der Waals surface area (Å²) in [5, 5.41) is 15.4. The maximum atomic E-state index is 2.39. The largest absolute Gasteiger partial charge is 0.0622 e. The summed E-state index contributed by atoms with van der Waals surface area (Å²) >= 11 is 0. The van der Waals surface area contributed by atoms with Crippen LogP contribution in [0.5, 0.6) is 0 Å². The highest BCUT2D eigenvalue weighted by Crippen LogP contribution is 2.48. The first-order chi connectivity index (χ1) is 25.8. The quantitative estimate of drug-likeness (QED) is 0.131. The van der Waals surface area contributed by atoms with Crippen molar-refractivity contribution in [2.45, 2.75) is 0 Å². The molecule has 11 aromatic carbocycles. The van der Waals surface area contributed by atoms with Crippen LogP contribution in [0, 0.1) is 0 Å². The molecule has 0 unspecified atom stereocenters. The molecule has 240 valence electrons. The van der Waals surface area contributed by atoms with Gasteiger partial charge in [-0.15, -0.1) is 0 Å². The number of hydrogen-bond acceptors (Lipinski definition) is 0. The minimum absolute atomic E-state index is 1.23. The fourth-order valence-electron chi connectivity index (χ4n) is 8.82. The average Bonchev–Trinajstić information content (AvgIpc) is 3.22. The first kappa shape index (κ1) is 29.0. The van der Waals surface area contributed by atoms with E-state index in [0.29, 0.717) is 0 Å². The van der Waals surface area contributed by atoms with Gasteiger partial charge in [0.25, 0.3) is 0 Å². The highest BCUT2D eigenvalue weighted by Gasteiger charge is 2.20. The van der Waals surface area contributed by atoms with Crippen molar-refractivity contribution < 1.29 is 0 Å². The maximum absolute atomic E-state index is 2.39. The van der Waals surface area contributed by atoms with Crippen molar-refractivity contribution in [3.8, 4) is 44.5 Å². The average molecular weight is 657 g/mol. The number of hydrogen-bond donors (Lipinski definition) is 0. The molecule has 0 bridgehead atoms. The number of rotatable bonds is 4. The Morgan fingerprint density at radius 1 is 0.192 bits per heavy atom. The van der Waals surface area contributed by atoms with E-state index in [2.05, 4.69) is 194 Å². The molecule has 0 nitrogen and oxygen atoms in total. The summed E-state index contributed by atoms with van der Waals surface area (Å²) in [6.45, 7) is 0. The maximum Gasteiger partial charge on any atom is -0.00201 e. The van der Waals surface area contributed by atoms with Crippen molar-refractivity contribution in [1.29, 1.82) is 0 Å². The van der Waals surface area contributed by atoms with Gasteiger partial charge in [-0.2, -0.15) is 0 Å². The second kappa shape index (κ2) is 11.4. The minimum atomic E-state index is 1.23. The molecule has 0 aromatic heterocycles. The summed E-state index contributed by atoms with van der Waals surface area (Å²) in [5.41, 5.74) is 10.0. The standard InChI is InChI=1S/C52H32/c1-3-13-33(14-4-1)47-29-35-17-7-9-19-37(35)31-49(47)39-25-27-45-44-24-12-22-42-40(26-28-46(52(42)44)43-23-11-21-41(39)51(43)45)50-32-38-20-10-8-18-36(38)30-48(50)34-15-5-2-6-16-34/h1-32H. The number of benzene rings is 11. The van der Waals surface area contributed by atoms with Crippen molar-refractivity contribution in [2.75, 3.05) is 0 Å². The molecule has 0 saturated carbocycles. The zero-order valence-electron chi connectivity index (χ0n) is 28.5. The van der Waals surface area contributed by atoms with E-state index in [4.69, 9.17) is 0 Å². The molecular formula is C52H32. The van der Waals surface area contributed by atoms with Crippen LogP contribution in [0.2, 0.25) is 0 Å². The third kappa shape index (κ3) is 4.35. The van der Waals surface area contributed by atoms with E-state index in [1.165, 1.54) is 109 Å². The van der Waals surface area contributed by atoms with E-state index in [-0.39, 0.29) is 0 Å². The lowest BCUT2D eigenvalue weighted by atomic mass is 9.83. The minimum Gasteiger partial charge on any atom is -0.0622 e. The molecule has 11 rings (SSSR count). The molecule has 0 atom stereocenters. The summed E-state index contributed by atoms with van der Waals surface area (Å²) in [7, 11) is 0. The molecule has 0 heteroatoms. The Bertz CT molecular complexity index is 2920. The van der Waals surface area contributed by atoms with Crippen molar-refractivity contribution >= 4 is 64.6 Å². The summed E-state index contributed by atoms with van der Waals surface area (Å²) in [4.78, 5) is 0. The van der Waals surface area contributed by atoms with Gasteiger partial charge in [0.15, 0.2) is 0 Å². The molecule has 0 spiro atoms. The Hall–Kier alpha value is -6.76. The van der Waals surface area contributed by atoms with E-state index >= 15 is 0 Å². The third-order valence-electron chi connectivity index (χ3n) is 11.2. The predicted octanol–water partition coefficient (Wildman–Crippen LogP) is 14.7. The summed E-state index contributed by atoms with van der Waals surface area (Å²) < 4.78 is 0. The van der Waals surface area contributed by atoms with E-state index < -0.39 is 0 Å². The van der Waals surface area contributed by atoms with E-state index in [1.807, 2.05) is 0 Å². The van der Waals surface area contributed by atoms with Crippen molar-refractivity contribution in [1.82, 2.24) is 0 Å². The molecule has 0 saturated heterocycles. The van der Waals surface area contributed by atoms with Gasteiger partial charge in [0.05, 0.1) is 0 Å². The Morgan fingerprint density at radius 2 is 0.519 bits per heavy atom. The van der Waals surface area contributed by atoms with Crippen LogP contribution in [0.1, 0.15) is 0 Å². The van der Waals surface area contributed by atoms with Crippen LogP contribution < -0.4 is 0 Å². The lowest BCUT2D eigenvalue weighted by molar-refractivity contribution is 1.62. The summed E-state index contributed by atoms with van der Waals surface area (Å²) in [6, 6.07) is 71.9. The van der Waals surface area contributed by atoms with E-state index in [9.17, 15) is 0 Å². The third-order valence-corrected chi connectivity index (χ3v) is 11.2. The molecular weight excluding hydrogens is 625 g/mol. The van der Waals surface area contributed by atoms with Crippen molar-refractivity contribution in [2.24, 2.45) is 0 Å². The zero-order chi connectivity index (χ0) is 34.2. The first-order valence-corrected chi connectivity index (χ1v) is 18.1. The molecule has 0 amide bonds. The number of fused-ring (bicyclic) bond motifs is 4. The first-order valence-electron chi connectivity index (χ1n) is 18.1. The topological polar surface area (TPSA) is 0 Å². The Labute approximate surface area is 302 Å². The molecule has 0 aliphatic rings. The van der Waals surface area contributed by atoms with Crippen molar-refractivity contribution in [3.05, 3.63) is 194 Å². The van der Waals surface area contributed by atoms with Gasteiger partial charge in [-0.1, -0.05) is 170 Å². The smallest absolute Gasteiger partial charge is 0.00201 e. The van der Waals surface area contributed by atoms with Gasteiger partial charge in [0, 0.05) is 0 Å². The van der Waals surface area contributed by atoms with Crippen LogP contribution in [0.4, 0.5) is 0 Å². The lowest BCUT2D eigenvalue weighted by Crippen LogP contribution is -1.93. The molecule has 11 aromatic rings. The van der Waals surface area contributed by atoms with E-state index in [0.717, 1.165) is 0 Å². The second-order valence-electron chi connectivity index (χ2n) is 14.0. The Balaban J connectivity index is 1.20. The highest BCUT2D eigenvalue weighted by atomic mass is 14.2. The molecule has 0 aliphatic carbocycles. The fourth-order valence-corrected chi connectivity index (χ4v) is 8.82. The van der Waals surface area contributed by atoms with Gasteiger partial charge in [0.2, 0.25) is 0 Å². The summed E-state index contributed by atoms with van der Waals surface area (Å²) in [6.07, 6.45) is 0. The molecule has 0 N–H and O–H groups in total. The fraction of sp³-hybridized carbons (Fsp3) is 0. The van der Waals surface area contributed by atoms with Crippen molar-refractivity contribution in [3.63, 3.8) is 0 Å².